The van der Waals surface area contributed by atoms with E-state index in [0.717, 1.165) is 30.6 Å². The number of aromatic nitrogens is 4. The van der Waals surface area contributed by atoms with Crippen molar-refractivity contribution in [3.05, 3.63) is 6.33 Å². The van der Waals surface area contributed by atoms with Gasteiger partial charge in [-0.25, -0.2) is 4.98 Å². The van der Waals surface area contributed by atoms with Gasteiger partial charge in [-0.3, -0.25) is 0 Å². The van der Waals surface area contributed by atoms with Crippen LogP contribution in [0.15, 0.2) is 6.33 Å². The van der Waals surface area contributed by atoms with E-state index < -0.39 is 0 Å². The molecule has 1 fully saturated rings. The topological polar surface area (TPSA) is 102 Å². The summed E-state index contributed by atoms with van der Waals surface area (Å²) in [6.07, 6.45) is 5.05. The first-order valence-electron chi connectivity index (χ1n) is 6.02. The van der Waals surface area contributed by atoms with Gasteiger partial charge in [0.1, 0.15) is 5.52 Å². The number of rotatable bonds is 3. The fraction of sp³-hybridized carbons (Fsp3) is 0.545. The molecule has 0 aromatic carbocycles. The van der Waals surface area contributed by atoms with Crippen molar-refractivity contribution in [2.45, 2.75) is 31.4 Å². The summed E-state index contributed by atoms with van der Waals surface area (Å²) in [5.41, 5.74) is 7.06. The molecule has 0 saturated heterocycles. The highest BCUT2D eigenvalue weighted by atomic mass is 16.5. The van der Waals surface area contributed by atoms with Gasteiger partial charge in [-0.1, -0.05) is 0 Å². The van der Waals surface area contributed by atoms with Crippen LogP contribution < -0.4 is 11.1 Å². The number of methoxy groups -OCH3 is 1. The first-order chi connectivity index (χ1) is 8.76. The predicted octanol–water partition coefficient (Wildman–Crippen LogP) is 0.914. The molecule has 2 heterocycles. The molecule has 0 amide bonds. The van der Waals surface area contributed by atoms with Crippen molar-refractivity contribution >= 4 is 22.9 Å². The van der Waals surface area contributed by atoms with Crippen LogP contribution in [0.25, 0.3) is 11.2 Å². The van der Waals surface area contributed by atoms with Gasteiger partial charge in [0, 0.05) is 13.2 Å². The molecule has 1 saturated carbocycles. The summed E-state index contributed by atoms with van der Waals surface area (Å²) in [7, 11) is 1.75. The summed E-state index contributed by atoms with van der Waals surface area (Å²) in [4.78, 5) is 15.4. The monoisotopic (exact) mass is 248 g/mol. The number of nitrogen functional groups attached to an aromatic ring is 1. The van der Waals surface area contributed by atoms with Gasteiger partial charge >= 0.3 is 0 Å². The Bertz CT molecular complexity index is 553. The van der Waals surface area contributed by atoms with Gasteiger partial charge in [0.2, 0.25) is 5.95 Å². The van der Waals surface area contributed by atoms with E-state index in [4.69, 9.17) is 10.5 Å². The number of nitrogens with zero attached hydrogens (tertiary/aromatic N) is 3. The molecule has 7 heteroatoms. The van der Waals surface area contributed by atoms with Crippen LogP contribution in [0.3, 0.4) is 0 Å². The molecular weight excluding hydrogens is 232 g/mol. The first-order valence-corrected chi connectivity index (χ1v) is 6.02. The first kappa shape index (κ1) is 11.2. The number of anilines is 2. The normalized spacial score (nSPS) is 23.6. The molecule has 2 unspecified atom stereocenters. The summed E-state index contributed by atoms with van der Waals surface area (Å²) in [6, 6.07) is 0.357. The van der Waals surface area contributed by atoms with Crippen molar-refractivity contribution in [2.24, 2.45) is 0 Å². The number of H-pyrrole nitrogens is 1. The van der Waals surface area contributed by atoms with E-state index in [0.29, 0.717) is 17.8 Å². The number of nitrogens with one attached hydrogen (secondary N) is 2. The predicted molar refractivity (Wildman–Crippen MR) is 68.2 cm³/mol. The van der Waals surface area contributed by atoms with Crippen molar-refractivity contribution in [2.75, 3.05) is 18.2 Å². The number of imidazole rings is 1. The van der Waals surface area contributed by atoms with Crippen molar-refractivity contribution in [3.63, 3.8) is 0 Å². The number of nitrogens with two attached hydrogens (primary N) is 1. The molecule has 96 valence electrons. The van der Waals surface area contributed by atoms with E-state index in [-0.39, 0.29) is 5.95 Å². The van der Waals surface area contributed by atoms with Crippen LogP contribution >= 0.6 is 0 Å². The van der Waals surface area contributed by atoms with Gasteiger partial charge in [0.15, 0.2) is 11.5 Å². The Morgan fingerprint density at radius 1 is 1.44 bits per heavy atom. The fourth-order valence-corrected chi connectivity index (χ4v) is 2.43. The Kier molecular flexibility index (Phi) is 2.75. The van der Waals surface area contributed by atoms with E-state index in [1.54, 1.807) is 13.4 Å². The Balaban J connectivity index is 1.84. The van der Waals surface area contributed by atoms with Gasteiger partial charge in [-0.05, 0) is 19.3 Å². The Morgan fingerprint density at radius 3 is 3.11 bits per heavy atom. The molecule has 2 atom stereocenters. The van der Waals surface area contributed by atoms with Crippen molar-refractivity contribution in [1.82, 2.24) is 19.9 Å². The molecule has 0 bridgehead atoms. The number of fused-ring (bicyclic) bond motifs is 1. The third-order valence-corrected chi connectivity index (χ3v) is 3.36. The van der Waals surface area contributed by atoms with E-state index in [1.165, 1.54) is 0 Å². The van der Waals surface area contributed by atoms with E-state index in [1.807, 2.05) is 0 Å². The molecule has 0 aliphatic heterocycles. The standard InChI is InChI=1S/C11H16N6O/c1-18-7-3-2-6(4-7)15-10-8-9(14-5-13-8)16-11(12)17-10/h5-7H,2-4H2,1H3,(H4,12,13,14,15,16,17). The quantitative estimate of drug-likeness (QED) is 0.746. The lowest BCUT2D eigenvalue weighted by molar-refractivity contribution is 0.108. The molecule has 1 aliphatic rings. The van der Waals surface area contributed by atoms with Gasteiger partial charge in [0.05, 0.1) is 12.4 Å². The zero-order valence-corrected chi connectivity index (χ0v) is 10.2. The summed E-state index contributed by atoms with van der Waals surface area (Å²) in [5, 5.41) is 3.39. The minimum absolute atomic E-state index is 0.235. The summed E-state index contributed by atoms with van der Waals surface area (Å²) < 4.78 is 5.36. The molecule has 2 aromatic heterocycles. The highest BCUT2D eigenvalue weighted by Crippen LogP contribution is 2.26. The van der Waals surface area contributed by atoms with Gasteiger partial charge < -0.3 is 20.8 Å². The lowest BCUT2D eigenvalue weighted by Gasteiger charge is -2.14. The van der Waals surface area contributed by atoms with E-state index in [9.17, 15) is 0 Å². The lowest BCUT2D eigenvalue weighted by atomic mass is 10.2. The van der Waals surface area contributed by atoms with Crippen LogP contribution in [0.2, 0.25) is 0 Å². The number of ether oxygens (including phenoxy) is 1. The van der Waals surface area contributed by atoms with Crippen molar-refractivity contribution in [3.8, 4) is 0 Å². The highest BCUT2D eigenvalue weighted by molar-refractivity contribution is 5.83. The summed E-state index contributed by atoms with van der Waals surface area (Å²) in [5.74, 6) is 0.954. The average molecular weight is 248 g/mol. The zero-order chi connectivity index (χ0) is 12.5. The molecule has 2 aromatic rings. The number of aromatic amines is 1. The van der Waals surface area contributed by atoms with Gasteiger partial charge in [0.25, 0.3) is 0 Å². The summed E-state index contributed by atoms with van der Waals surface area (Å²) >= 11 is 0. The van der Waals surface area contributed by atoms with Crippen LogP contribution in [-0.2, 0) is 4.74 Å². The lowest BCUT2D eigenvalue weighted by Crippen LogP contribution is -2.18. The minimum Gasteiger partial charge on any atom is -0.381 e. The molecule has 0 radical (unpaired) electrons. The SMILES string of the molecule is COC1CCC(Nc2nc(N)nc3nc[nH]c23)C1. The van der Waals surface area contributed by atoms with E-state index in [2.05, 4.69) is 25.3 Å². The highest BCUT2D eigenvalue weighted by Gasteiger charge is 2.25. The maximum absolute atomic E-state index is 5.67. The molecule has 7 nitrogen and oxygen atoms in total. The second-order valence-corrected chi connectivity index (χ2v) is 4.54. The molecule has 0 spiro atoms. The van der Waals surface area contributed by atoms with Crippen molar-refractivity contribution in [1.29, 1.82) is 0 Å². The van der Waals surface area contributed by atoms with E-state index >= 15 is 0 Å². The number of hydrogen-bond donors (Lipinski definition) is 3. The average Bonchev–Trinajstić information content (AvgIpc) is 2.97. The second kappa shape index (κ2) is 4.41. The maximum atomic E-state index is 5.67. The zero-order valence-electron chi connectivity index (χ0n) is 10.2. The molecule has 3 rings (SSSR count). The maximum Gasteiger partial charge on any atom is 0.224 e. The Morgan fingerprint density at radius 2 is 2.33 bits per heavy atom. The largest absolute Gasteiger partial charge is 0.381 e. The summed E-state index contributed by atoms with van der Waals surface area (Å²) in [6.45, 7) is 0. The van der Waals surface area contributed by atoms with Gasteiger partial charge in [-0.15, -0.1) is 0 Å². The van der Waals surface area contributed by atoms with Crippen LogP contribution in [0.5, 0.6) is 0 Å². The van der Waals surface area contributed by atoms with Crippen LogP contribution in [-0.4, -0.2) is 39.2 Å². The molecule has 4 N–H and O–H groups in total. The minimum atomic E-state index is 0.235. The fourth-order valence-electron chi connectivity index (χ4n) is 2.43. The molecule has 1 aliphatic carbocycles. The van der Waals surface area contributed by atoms with Crippen molar-refractivity contribution < 1.29 is 4.74 Å². The van der Waals surface area contributed by atoms with Crippen LogP contribution in [0, 0.1) is 0 Å². The number of hydrogen-bond acceptors (Lipinski definition) is 6. The second-order valence-electron chi connectivity index (χ2n) is 4.54. The third kappa shape index (κ3) is 1.97. The third-order valence-electron chi connectivity index (χ3n) is 3.36. The molecule has 18 heavy (non-hydrogen) atoms. The Hall–Kier alpha value is -1.89. The molecular formula is C11H16N6O. The van der Waals surface area contributed by atoms with Crippen LogP contribution in [0.1, 0.15) is 19.3 Å². The smallest absolute Gasteiger partial charge is 0.224 e. The Labute approximate surface area is 104 Å². The van der Waals surface area contributed by atoms with Gasteiger partial charge in [-0.2, -0.15) is 9.97 Å². The van der Waals surface area contributed by atoms with Crippen LogP contribution in [0.4, 0.5) is 11.8 Å².